The summed E-state index contributed by atoms with van der Waals surface area (Å²) < 4.78 is 0. The highest BCUT2D eigenvalue weighted by Crippen LogP contribution is 2.31. The summed E-state index contributed by atoms with van der Waals surface area (Å²) in [4.78, 5) is 36.3. The predicted molar refractivity (Wildman–Crippen MR) is 136 cm³/mol. The molecule has 3 rings (SSSR count). The zero-order valence-corrected chi connectivity index (χ0v) is 19.6. The number of pyridine rings is 1. The van der Waals surface area contributed by atoms with Gasteiger partial charge in [0.05, 0.1) is 6.34 Å². The van der Waals surface area contributed by atoms with Gasteiger partial charge in [0.25, 0.3) is 0 Å². The van der Waals surface area contributed by atoms with Crippen molar-refractivity contribution in [1.82, 2.24) is 15.6 Å². The van der Waals surface area contributed by atoms with Crippen molar-refractivity contribution in [3.8, 4) is 11.1 Å². The Bertz CT molecular complexity index is 1140. The molecule has 0 saturated carbocycles. The number of urea groups is 1. The fourth-order valence-electron chi connectivity index (χ4n) is 3.42. The van der Waals surface area contributed by atoms with E-state index in [4.69, 9.17) is 0 Å². The van der Waals surface area contributed by atoms with Crippen LogP contribution in [0, 0.1) is 0 Å². The van der Waals surface area contributed by atoms with Crippen molar-refractivity contribution in [3.63, 3.8) is 0 Å². The normalized spacial score (nSPS) is 12.1. The van der Waals surface area contributed by atoms with Crippen LogP contribution < -0.4 is 15.5 Å². The molecule has 174 valence electrons. The number of benzene rings is 2. The van der Waals surface area contributed by atoms with E-state index in [1.54, 1.807) is 24.5 Å². The largest absolute Gasteiger partial charge is 0.353 e. The third-order valence-electron chi connectivity index (χ3n) is 4.83. The lowest BCUT2D eigenvalue weighted by atomic mass is 10.0. The molecule has 0 spiro atoms. The van der Waals surface area contributed by atoms with Gasteiger partial charge in [-0.2, -0.15) is 4.99 Å². The van der Waals surface area contributed by atoms with Gasteiger partial charge in [-0.3, -0.25) is 14.7 Å². The quantitative estimate of drug-likeness (QED) is 0.384. The average Bonchev–Trinajstić information content (AvgIpc) is 2.82. The Morgan fingerprint density at radius 2 is 1.68 bits per heavy atom. The molecule has 1 atom stereocenters. The highest BCUT2D eigenvalue weighted by molar-refractivity contribution is 6.03. The Balaban J connectivity index is 2.09. The topological polar surface area (TPSA) is 86.7 Å². The standard InChI is InChI=1S/C27H29N5O2/c1-5-28-19-30-26(34)32(23-15-13-21(14-16-23)20-10-7-6-8-11-20)24(22-12-9-17-29-18-22)25(33)31-27(2,3)4/h5-19,24H,1H2,2-4H3,(H,31,33)(H,28,30,34). The number of anilines is 1. The van der Waals surface area contributed by atoms with Crippen LogP contribution in [0.2, 0.25) is 0 Å². The van der Waals surface area contributed by atoms with Gasteiger partial charge in [0.15, 0.2) is 0 Å². The number of nitrogens with one attached hydrogen (secondary N) is 2. The molecular formula is C27H29N5O2. The lowest BCUT2D eigenvalue weighted by Gasteiger charge is -2.32. The van der Waals surface area contributed by atoms with Crippen molar-refractivity contribution in [2.75, 3.05) is 4.90 Å². The maximum atomic E-state index is 13.5. The zero-order chi connectivity index (χ0) is 24.6. The molecule has 2 aromatic carbocycles. The van der Waals surface area contributed by atoms with Gasteiger partial charge in [0.2, 0.25) is 5.91 Å². The zero-order valence-electron chi connectivity index (χ0n) is 19.6. The number of nitrogens with zero attached hydrogens (tertiary/aromatic N) is 3. The van der Waals surface area contributed by atoms with E-state index in [-0.39, 0.29) is 5.91 Å². The van der Waals surface area contributed by atoms with Gasteiger partial charge in [-0.25, -0.2) is 4.79 Å². The summed E-state index contributed by atoms with van der Waals surface area (Å²) in [5, 5.41) is 5.66. The molecule has 1 aromatic heterocycles. The molecule has 0 bridgehead atoms. The van der Waals surface area contributed by atoms with Crippen molar-refractivity contribution >= 4 is 24.0 Å². The van der Waals surface area contributed by atoms with E-state index >= 15 is 0 Å². The molecule has 0 fully saturated rings. The first-order valence-corrected chi connectivity index (χ1v) is 10.9. The molecule has 0 radical (unpaired) electrons. The molecule has 1 unspecified atom stereocenters. The molecule has 0 aliphatic heterocycles. The van der Waals surface area contributed by atoms with Crippen LogP contribution in [0.4, 0.5) is 10.5 Å². The number of hydrogen-bond donors (Lipinski definition) is 2. The van der Waals surface area contributed by atoms with Crippen molar-refractivity contribution in [3.05, 3.63) is 97.5 Å². The first-order valence-electron chi connectivity index (χ1n) is 10.9. The molecule has 7 nitrogen and oxygen atoms in total. The Morgan fingerprint density at radius 1 is 1.00 bits per heavy atom. The van der Waals surface area contributed by atoms with Gasteiger partial charge >= 0.3 is 6.03 Å². The fraction of sp³-hybridized carbons (Fsp3) is 0.185. The van der Waals surface area contributed by atoms with Gasteiger partial charge in [0.1, 0.15) is 6.04 Å². The highest BCUT2D eigenvalue weighted by atomic mass is 16.2. The minimum atomic E-state index is -0.983. The maximum Gasteiger partial charge on any atom is 0.350 e. The van der Waals surface area contributed by atoms with Crippen LogP contribution in [0.3, 0.4) is 0 Å². The summed E-state index contributed by atoms with van der Waals surface area (Å²) in [6.45, 7) is 9.21. The lowest BCUT2D eigenvalue weighted by molar-refractivity contribution is -0.123. The third kappa shape index (κ3) is 6.38. The van der Waals surface area contributed by atoms with E-state index in [0.717, 1.165) is 11.1 Å². The minimum absolute atomic E-state index is 0.340. The Hall–Kier alpha value is -4.26. The first kappa shape index (κ1) is 24.4. The van der Waals surface area contributed by atoms with E-state index in [9.17, 15) is 9.59 Å². The molecule has 3 amide bonds. The molecule has 1 heterocycles. The van der Waals surface area contributed by atoms with Crippen LogP contribution in [0.15, 0.2) is 96.9 Å². The van der Waals surface area contributed by atoms with Crippen molar-refractivity contribution in [2.45, 2.75) is 32.4 Å². The molecule has 7 heteroatoms. The Labute approximate surface area is 200 Å². The van der Waals surface area contributed by atoms with E-state index in [2.05, 4.69) is 27.2 Å². The number of aliphatic imine (C=N–C) groups is 1. The van der Waals surface area contributed by atoms with Gasteiger partial charge in [-0.15, -0.1) is 0 Å². The molecule has 34 heavy (non-hydrogen) atoms. The van der Waals surface area contributed by atoms with Gasteiger partial charge in [0, 0.05) is 29.2 Å². The number of rotatable bonds is 7. The van der Waals surface area contributed by atoms with Crippen LogP contribution in [-0.2, 0) is 4.79 Å². The van der Waals surface area contributed by atoms with Crippen molar-refractivity contribution in [2.24, 2.45) is 4.99 Å². The lowest BCUT2D eigenvalue weighted by Crippen LogP contribution is -2.49. The molecule has 0 aliphatic rings. The van der Waals surface area contributed by atoms with Gasteiger partial charge < -0.3 is 10.6 Å². The van der Waals surface area contributed by atoms with E-state index < -0.39 is 17.6 Å². The maximum absolute atomic E-state index is 13.5. The first-order chi connectivity index (χ1) is 16.3. The number of hydrogen-bond acceptors (Lipinski definition) is 3. The molecule has 0 aliphatic carbocycles. The SMILES string of the molecule is C=CN/C=N\C(=O)N(c1ccc(-c2ccccc2)cc1)C(C(=O)NC(C)(C)C)c1cccnc1. The monoisotopic (exact) mass is 455 g/mol. The summed E-state index contributed by atoms with van der Waals surface area (Å²) in [7, 11) is 0. The summed E-state index contributed by atoms with van der Waals surface area (Å²) in [6, 6.07) is 19.3. The minimum Gasteiger partial charge on any atom is -0.353 e. The van der Waals surface area contributed by atoms with Gasteiger partial charge in [-0.1, -0.05) is 55.1 Å². The summed E-state index contributed by atoms with van der Waals surface area (Å²) in [5.41, 5.74) is 2.63. The number of aromatic nitrogens is 1. The fourth-order valence-corrected chi connectivity index (χ4v) is 3.42. The van der Waals surface area contributed by atoms with E-state index in [1.807, 2.05) is 75.4 Å². The molecule has 3 aromatic rings. The van der Waals surface area contributed by atoms with E-state index in [1.165, 1.54) is 17.4 Å². The Morgan fingerprint density at radius 3 is 2.26 bits per heavy atom. The average molecular weight is 456 g/mol. The summed E-state index contributed by atoms with van der Waals surface area (Å²) >= 11 is 0. The molecule has 0 saturated heterocycles. The molecular weight excluding hydrogens is 426 g/mol. The summed E-state index contributed by atoms with van der Waals surface area (Å²) in [5.74, 6) is -0.340. The molecule has 2 N–H and O–H groups in total. The smallest absolute Gasteiger partial charge is 0.350 e. The van der Waals surface area contributed by atoms with Crippen LogP contribution >= 0.6 is 0 Å². The van der Waals surface area contributed by atoms with Crippen LogP contribution in [0.5, 0.6) is 0 Å². The van der Waals surface area contributed by atoms with Crippen LogP contribution in [0.1, 0.15) is 32.4 Å². The number of amides is 3. The highest BCUT2D eigenvalue weighted by Gasteiger charge is 2.34. The predicted octanol–water partition coefficient (Wildman–Crippen LogP) is 5.09. The van der Waals surface area contributed by atoms with Gasteiger partial charge in [-0.05, 0) is 56.3 Å². The van der Waals surface area contributed by atoms with Crippen LogP contribution in [0.25, 0.3) is 11.1 Å². The second-order valence-electron chi connectivity index (χ2n) is 8.62. The number of carbonyl (C=O) groups is 2. The number of carbonyl (C=O) groups excluding carboxylic acids is 2. The second kappa shape index (κ2) is 11.0. The van der Waals surface area contributed by atoms with Crippen molar-refractivity contribution in [1.29, 1.82) is 0 Å². The summed E-state index contributed by atoms with van der Waals surface area (Å²) in [6.07, 6.45) is 5.84. The second-order valence-corrected chi connectivity index (χ2v) is 8.62. The van der Waals surface area contributed by atoms with Crippen LogP contribution in [-0.4, -0.2) is 28.8 Å². The third-order valence-corrected chi connectivity index (χ3v) is 4.83. The van der Waals surface area contributed by atoms with E-state index in [0.29, 0.717) is 11.3 Å². The Kier molecular flexibility index (Phi) is 7.92. The van der Waals surface area contributed by atoms with Crippen molar-refractivity contribution < 1.29 is 9.59 Å².